The molecule has 4 nitrogen and oxygen atoms in total. The van der Waals surface area contributed by atoms with Crippen molar-refractivity contribution in [1.29, 1.82) is 0 Å². The average Bonchev–Trinajstić information content (AvgIpc) is 2.65. The molecule has 1 fully saturated rings. The summed E-state index contributed by atoms with van der Waals surface area (Å²) in [5.41, 5.74) is 2.67. The summed E-state index contributed by atoms with van der Waals surface area (Å²) in [6.07, 6.45) is 3.46. The number of aromatic nitrogens is 2. The van der Waals surface area contributed by atoms with Crippen LogP contribution in [0.2, 0.25) is 0 Å². The fraction of sp³-hybridized carbons (Fsp3) is 0.786. The molecule has 0 radical (unpaired) electrons. The monoisotopic (exact) mass is 251 g/mol. The lowest BCUT2D eigenvalue weighted by Crippen LogP contribution is -2.54. The quantitative estimate of drug-likeness (QED) is 0.823. The number of rotatable bonds is 3. The van der Waals surface area contributed by atoms with E-state index >= 15 is 0 Å². The maximum absolute atomic E-state index is 5.76. The normalized spacial score (nSPS) is 24.4. The van der Waals surface area contributed by atoms with Crippen molar-refractivity contribution in [2.45, 2.75) is 52.3 Å². The second-order valence-corrected chi connectivity index (χ2v) is 5.94. The van der Waals surface area contributed by atoms with Crippen molar-refractivity contribution in [3.8, 4) is 0 Å². The highest BCUT2D eigenvalue weighted by Gasteiger charge is 2.33. The van der Waals surface area contributed by atoms with Crippen LogP contribution in [0.1, 0.15) is 39.0 Å². The van der Waals surface area contributed by atoms with Gasteiger partial charge in [0.1, 0.15) is 0 Å². The van der Waals surface area contributed by atoms with E-state index in [0.717, 1.165) is 26.1 Å². The molecule has 1 atom stereocenters. The Kier molecular flexibility index (Phi) is 3.78. The Morgan fingerprint density at radius 3 is 2.89 bits per heavy atom. The van der Waals surface area contributed by atoms with Gasteiger partial charge in [0, 0.05) is 37.4 Å². The van der Waals surface area contributed by atoms with E-state index in [4.69, 9.17) is 4.74 Å². The fourth-order valence-electron chi connectivity index (χ4n) is 2.55. The van der Waals surface area contributed by atoms with Gasteiger partial charge in [0.25, 0.3) is 0 Å². The fourth-order valence-corrected chi connectivity index (χ4v) is 2.55. The van der Waals surface area contributed by atoms with Crippen LogP contribution in [0.4, 0.5) is 0 Å². The summed E-state index contributed by atoms with van der Waals surface area (Å²) >= 11 is 0. The van der Waals surface area contributed by atoms with Gasteiger partial charge in [-0.05, 0) is 27.2 Å². The Bertz CT molecular complexity index is 411. The van der Waals surface area contributed by atoms with E-state index < -0.39 is 0 Å². The van der Waals surface area contributed by atoms with Crippen molar-refractivity contribution in [3.63, 3.8) is 0 Å². The van der Waals surface area contributed by atoms with Gasteiger partial charge in [-0.3, -0.25) is 9.58 Å². The van der Waals surface area contributed by atoms with Crippen LogP contribution in [0.5, 0.6) is 0 Å². The topological polar surface area (TPSA) is 30.3 Å². The molecule has 18 heavy (non-hydrogen) atoms. The predicted molar refractivity (Wildman–Crippen MR) is 72.5 cm³/mol. The van der Waals surface area contributed by atoms with Crippen LogP contribution >= 0.6 is 0 Å². The predicted octanol–water partition coefficient (Wildman–Crippen LogP) is 1.98. The molecule has 4 heteroatoms. The summed E-state index contributed by atoms with van der Waals surface area (Å²) in [6.45, 7) is 11.6. The van der Waals surface area contributed by atoms with Gasteiger partial charge < -0.3 is 4.74 Å². The standard InChI is InChI=1S/C14H25N3O/c1-6-13-12(8-16(5)15-13)9-17-7-11(2)18-10-14(17,3)4/h8,11H,6-7,9-10H2,1-5H3. The van der Waals surface area contributed by atoms with Crippen molar-refractivity contribution < 1.29 is 4.74 Å². The van der Waals surface area contributed by atoms with E-state index in [1.165, 1.54) is 11.3 Å². The molecule has 0 bridgehead atoms. The molecule has 2 heterocycles. The summed E-state index contributed by atoms with van der Waals surface area (Å²) in [5.74, 6) is 0. The van der Waals surface area contributed by atoms with E-state index in [2.05, 4.69) is 43.9 Å². The van der Waals surface area contributed by atoms with Crippen molar-refractivity contribution >= 4 is 0 Å². The van der Waals surface area contributed by atoms with Crippen molar-refractivity contribution in [2.24, 2.45) is 7.05 Å². The number of ether oxygens (including phenoxy) is 1. The highest BCUT2D eigenvalue weighted by atomic mass is 16.5. The maximum atomic E-state index is 5.76. The van der Waals surface area contributed by atoms with Crippen LogP contribution in [0.3, 0.4) is 0 Å². The largest absolute Gasteiger partial charge is 0.375 e. The molecular weight excluding hydrogens is 226 g/mol. The third-order valence-corrected chi connectivity index (χ3v) is 3.74. The molecule has 1 aromatic heterocycles. The van der Waals surface area contributed by atoms with Gasteiger partial charge in [-0.2, -0.15) is 5.10 Å². The molecule has 1 saturated heterocycles. The first kappa shape index (κ1) is 13.6. The summed E-state index contributed by atoms with van der Waals surface area (Å²) in [5, 5.41) is 4.52. The molecule has 0 N–H and O–H groups in total. The zero-order chi connectivity index (χ0) is 13.3. The summed E-state index contributed by atoms with van der Waals surface area (Å²) in [6, 6.07) is 0. The first-order chi connectivity index (χ1) is 8.42. The number of aryl methyl sites for hydroxylation is 2. The van der Waals surface area contributed by atoms with Crippen molar-refractivity contribution in [1.82, 2.24) is 14.7 Å². The van der Waals surface area contributed by atoms with Gasteiger partial charge in [0.2, 0.25) is 0 Å². The third kappa shape index (κ3) is 2.75. The molecule has 0 spiro atoms. The Labute approximate surface area is 110 Å². The molecule has 102 valence electrons. The first-order valence-corrected chi connectivity index (χ1v) is 6.80. The van der Waals surface area contributed by atoms with Crippen molar-refractivity contribution in [3.05, 3.63) is 17.5 Å². The Hall–Kier alpha value is -0.870. The lowest BCUT2D eigenvalue weighted by Gasteiger charge is -2.44. The van der Waals surface area contributed by atoms with Gasteiger partial charge in [-0.25, -0.2) is 0 Å². The van der Waals surface area contributed by atoms with Crippen LogP contribution in [0.15, 0.2) is 6.20 Å². The van der Waals surface area contributed by atoms with Gasteiger partial charge in [-0.15, -0.1) is 0 Å². The van der Waals surface area contributed by atoms with Crippen LogP contribution in [-0.4, -0.2) is 39.5 Å². The number of morpholine rings is 1. The van der Waals surface area contributed by atoms with Gasteiger partial charge in [0.15, 0.2) is 0 Å². The maximum Gasteiger partial charge on any atom is 0.0675 e. The summed E-state index contributed by atoms with van der Waals surface area (Å²) in [4.78, 5) is 2.51. The van der Waals surface area contributed by atoms with Gasteiger partial charge in [0.05, 0.1) is 18.4 Å². The molecule has 0 amide bonds. The number of hydrogen-bond acceptors (Lipinski definition) is 3. The zero-order valence-corrected chi connectivity index (χ0v) is 12.2. The highest BCUT2D eigenvalue weighted by molar-refractivity contribution is 5.17. The molecule has 0 aliphatic carbocycles. The third-order valence-electron chi connectivity index (χ3n) is 3.74. The smallest absolute Gasteiger partial charge is 0.0675 e. The second-order valence-electron chi connectivity index (χ2n) is 5.94. The second kappa shape index (κ2) is 5.02. The van der Waals surface area contributed by atoms with Crippen LogP contribution in [-0.2, 0) is 24.8 Å². The molecular formula is C14H25N3O. The number of hydrogen-bond donors (Lipinski definition) is 0. The zero-order valence-electron chi connectivity index (χ0n) is 12.2. The first-order valence-electron chi connectivity index (χ1n) is 6.80. The SMILES string of the molecule is CCc1nn(C)cc1CN1CC(C)OCC1(C)C. The summed E-state index contributed by atoms with van der Waals surface area (Å²) in [7, 11) is 2.00. The Morgan fingerprint density at radius 1 is 1.50 bits per heavy atom. The molecule has 1 aliphatic rings. The van der Waals surface area contributed by atoms with Crippen LogP contribution < -0.4 is 0 Å². The van der Waals surface area contributed by atoms with Gasteiger partial charge >= 0.3 is 0 Å². The van der Waals surface area contributed by atoms with E-state index in [1.807, 2.05) is 11.7 Å². The lowest BCUT2D eigenvalue weighted by atomic mass is 10.00. The van der Waals surface area contributed by atoms with E-state index in [9.17, 15) is 0 Å². The van der Waals surface area contributed by atoms with Crippen molar-refractivity contribution in [2.75, 3.05) is 13.2 Å². The van der Waals surface area contributed by atoms with E-state index in [1.54, 1.807) is 0 Å². The highest BCUT2D eigenvalue weighted by Crippen LogP contribution is 2.25. The molecule has 2 rings (SSSR count). The van der Waals surface area contributed by atoms with E-state index in [-0.39, 0.29) is 5.54 Å². The molecule has 0 aromatic carbocycles. The average molecular weight is 251 g/mol. The van der Waals surface area contributed by atoms with E-state index in [0.29, 0.717) is 6.10 Å². The van der Waals surface area contributed by atoms with Gasteiger partial charge in [-0.1, -0.05) is 6.92 Å². The minimum absolute atomic E-state index is 0.105. The molecule has 0 saturated carbocycles. The Balaban J connectivity index is 2.15. The van der Waals surface area contributed by atoms with Crippen LogP contribution in [0.25, 0.3) is 0 Å². The lowest BCUT2D eigenvalue weighted by molar-refractivity contribution is -0.0950. The van der Waals surface area contributed by atoms with Crippen LogP contribution in [0, 0.1) is 0 Å². The Morgan fingerprint density at radius 2 is 2.22 bits per heavy atom. The minimum Gasteiger partial charge on any atom is -0.375 e. The summed E-state index contributed by atoms with van der Waals surface area (Å²) < 4.78 is 7.68. The molecule has 1 aliphatic heterocycles. The molecule has 1 unspecified atom stereocenters. The minimum atomic E-state index is 0.105. The number of nitrogens with zero attached hydrogens (tertiary/aromatic N) is 3. The molecule has 1 aromatic rings.